The zero-order valence-electron chi connectivity index (χ0n) is 10.4. The Morgan fingerprint density at radius 2 is 1.84 bits per heavy atom. The molecule has 0 bridgehead atoms. The molecule has 0 aliphatic rings. The van der Waals surface area contributed by atoms with Crippen molar-refractivity contribution in [2.75, 3.05) is 0 Å². The molecule has 0 spiro atoms. The maximum absolute atomic E-state index is 6.22. The summed E-state index contributed by atoms with van der Waals surface area (Å²) in [5.74, 6) is 0. The third-order valence-corrected chi connectivity index (χ3v) is 4.04. The summed E-state index contributed by atoms with van der Waals surface area (Å²) < 4.78 is 2.13. The maximum atomic E-state index is 6.22. The summed E-state index contributed by atoms with van der Waals surface area (Å²) in [6, 6.07) is 11.7. The Bertz CT molecular complexity index is 727. The van der Waals surface area contributed by atoms with Crippen LogP contribution < -0.4 is 0 Å². The Kier molecular flexibility index (Phi) is 3.21. The molecule has 0 radical (unpaired) electrons. The van der Waals surface area contributed by atoms with Crippen LogP contribution in [-0.2, 0) is 13.5 Å². The van der Waals surface area contributed by atoms with E-state index in [0.29, 0.717) is 16.5 Å². The van der Waals surface area contributed by atoms with Gasteiger partial charge in [0.25, 0.3) is 0 Å². The summed E-state index contributed by atoms with van der Waals surface area (Å²) in [5, 5.41) is 1.40. The molecule has 1 aromatic carbocycles. The van der Waals surface area contributed by atoms with Gasteiger partial charge in [0.05, 0.1) is 11.0 Å². The summed E-state index contributed by atoms with van der Waals surface area (Å²) >= 11 is 12.4. The van der Waals surface area contributed by atoms with Crippen LogP contribution in [0.25, 0.3) is 11.0 Å². The molecule has 0 N–H and O–H groups in total. The van der Waals surface area contributed by atoms with Gasteiger partial charge in [-0.05, 0) is 35.9 Å². The van der Waals surface area contributed by atoms with E-state index >= 15 is 0 Å². The van der Waals surface area contributed by atoms with Gasteiger partial charge in [-0.25, -0.2) is 0 Å². The Hall–Kier alpha value is -1.51. The summed E-state index contributed by atoms with van der Waals surface area (Å²) in [6.07, 6.45) is 2.50. The predicted octanol–water partition coefficient (Wildman–Crippen LogP) is 4.47. The number of pyridine rings is 1. The minimum atomic E-state index is 0.700. The molecule has 0 atom stereocenters. The molecule has 0 saturated heterocycles. The van der Waals surface area contributed by atoms with Crippen LogP contribution in [-0.4, -0.2) is 9.55 Å². The minimum Gasteiger partial charge on any atom is -0.346 e. The van der Waals surface area contributed by atoms with Gasteiger partial charge in [-0.15, -0.1) is 0 Å². The average molecular weight is 291 g/mol. The van der Waals surface area contributed by atoms with Crippen LogP contribution in [0.15, 0.2) is 42.6 Å². The van der Waals surface area contributed by atoms with Gasteiger partial charge in [0.15, 0.2) is 0 Å². The van der Waals surface area contributed by atoms with Crippen molar-refractivity contribution in [3.63, 3.8) is 0 Å². The van der Waals surface area contributed by atoms with Crippen LogP contribution in [0.3, 0.4) is 0 Å². The molecular weight excluding hydrogens is 279 g/mol. The number of hydrogen-bond donors (Lipinski definition) is 0. The number of benzene rings is 1. The third-order valence-electron chi connectivity index (χ3n) is 3.33. The van der Waals surface area contributed by atoms with Crippen LogP contribution in [0.4, 0.5) is 0 Å². The lowest BCUT2D eigenvalue weighted by atomic mass is 10.1. The highest BCUT2D eigenvalue weighted by Crippen LogP contribution is 2.28. The Balaban J connectivity index is 2.09. The van der Waals surface area contributed by atoms with E-state index < -0.39 is 0 Å². The van der Waals surface area contributed by atoms with E-state index in [1.165, 1.54) is 0 Å². The summed E-state index contributed by atoms with van der Waals surface area (Å²) in [5.41, 5.74) is 4.20. The van der Waals surface area contributed by atoms with Gasteiger partial charge in [-0.1, -0.05) is 29.3 Å². The van der Waals surface area contributed by atoms with E-state index in [-0.39, 0.29) is 0 Å². The van der Waals surface area contributed by atoms with Crippen molar-refractivity contribution in [3.05, 3.63) is 63.9 Å². The van der Waals surface area contributed by atoms with E-state index in [1.54, 1.807) is 6.20 Å². The molecule has 2 aromatic heterocycles. The summed E-state index contributed by atoms with van der Waals surface area (Å²) in [6.45, 7) is 0. The van der Waals surface area contributed by atoms with Gasteiger partial charge in [0.1, 0.15) is 0 Å². The number of aromatic nitrogens is 2. The molecule has 4 heteroatoms. The fraction of sp³-hybridized carbons (Fsp3) is 0.133. The zero-order chi connectivity index (χ0) is 13.4. The highest BCUT2D eigenvalue weighted by atomic mass is 35.5. The highest BCUT2D eigenvalue weighted by molar-refractivity contribution is 6.36. The lowest BCUT2D eigenvalue weighted by Gasteiger charge is -2.08. The second-order valence-electron chi connectivity index (χ2n) is 4.48. The van der Waals surface area contributed by atoms with Crippen molar-refractivity contribution in [3.8, 4) is 0 Å². The monoisotopic (exact) mass is 290 g/mol. The largest absolute Gasteiger partial charge is 0.346 e. The van der Waals surface area contributed by atoms with E-state index in [9.17, 15) is 0 Å². The molecule has 19 heavy (non-hydrogen) atoms. The van der Waals surface area contributed by atoms with Crippen molar-refractivity contribution in [2.24, 2.45) is 7.05 Å². The van der Waals surface area contributed by atoms with Crippen LogP contribution >= 0.6 is 23.2 Å². The van der Waals surface area contributed by atoms with E-state index in [1.807, 2.05) is 31.3 Å². The molecule has 3 rings (SSSR count). The molecule has 0 saturated carbocycles. The van der Waals surface area contributed by atoms with E-state index in [0.717, 1.165) is 22.3 Å². The normalized spacial score (nSPS) is 11.1. The number of nitrogens with zero attached hydrogens (tertiary/aromatic N) is 2. The van der Waals surface area contributed by atoms with Crippen molar-refractivity contribution >= 4 is 34.2 Å². The first-order chi connectivity index (χ1) is 9.16. The Morgan fingerprint density at radius 3 is 2.53 bits per heavy atom. The molecular formula is C15H12Cl2N2. The van der Waals surface area contributed by atoms with E-state index in [2.05, 4.69) is 21.7 Å². The fourth-order valence-electron chi connectivity index (χ4n) is 2.27. The minimum absolute atomic E-state index is 0.700. The summed E-state index contributed by atoms with van der Waals surface area (Å²) in [4.78, 5) is 4.36. The number of rotatable bonds is 2. The molecule has 0 unspecified atom stereocenters. The standard InChI is InChI=1S/C15H12Cl2N2/c1-19-10(9-14-15(19)6-3-7-18-14)8-11-12(16)4-2-5-13(11)17/h2-7,9H,8H2,1H3. The van der Waals surface area contributed by atoms with Crippen LogP contribution in [0.1, 0.15) is 11.3 Å². The van der Waals surface area contributed by atoms with Crippen molar-refractivity contribution in [1.29, 1.82) is 0 Å². The Labute approximate surface area is 121 Å². The first-order valence-electron chi connectivity index (χ1n) is 5.99. The van der Waals surface area contributed by atoms with Crippen molar-refractivity contribution in [2.45, 2.75) is 6.42 Å². The molecule has 0 fully saturated rings. The van der Waals surface area contributed by atoms with Gasteiger partial charge in [0, 0.05) is 35.4 Å². The fourth-order valence-corrected chi connectivity index (χ4v) is 2.80. The molecule has 3 aromatic rings. The third kappa shape index (κ3) is 2.22. The molecule has 96 valence electrons. The second-order valence-corrected chi connectivity index (χ2v) is 5.29. The van der Waals surface area contributed by atoms with Crippen molar-refractivity contribution < 1.29 is 0 Å². The van der Waals surface area contributed by atoms with E-state index in [4.69, 9.17) is 23.2 Å². The molecule has 0 aliphatic carbocycles. The first-order valence-corrected chi connectivity index (χ1v) is 6.74. The average Bonchev–Trinajstić information content (AvgIpc) is 2.72. The molecule has 0 amide bonds. The van der Waals surface area contributed by atoms with Crippen LogP contribution in [0.2, 0.25) is 10.0 Å². The molecule has 2 nitrogen and oxygen atoms in total. The van der Waals surface area contributed by atoms with Crippen LogP contribution in [0, 0.1) is 0 Å². The van der Waals surface area contributed by atoms with Crippen molar-refractivity contribution in [1.82, 2.24) is 9.55 Å². The predicted molar refractivity (Wildman–Crippen MR) is 80.0 cm³/mol. The van der Waals surface area contributed by atoms with Gasteiger partial charge < -0.3 is 4.57 Å². The van der Waals surface area contributed by atoms with Gasteiger partial charge >= 0.3 is 0 Å². The lowest BCUT2D eigenvalue weighted by molar-refractivity contribution is 0.880. The smallest absolute Gasteiger partial charge is 0.0883 e. The Morgan fingerprint density at radius 1 is 1.11 bits per heavy atom. The van der Waals surface area contributed by atoms with Crippen LogP contribution in [0.5, 0.6) is 0 Å². The van der Waals surface area contributed by atoms with Gasteiger partial charge in [0.2, 0.25) is 0 Å². The molecule has 2 heterocycles. The zero-order valence-corrected chi connectivity index (χ0v) is 11.9. The number of halogens is 2. The SMILES string of the molecule is Cn1c(Cc2c(Cl)cccc2Cl)cc2ncccc21. The topological polar surface area (TPSA) is 17.8 Å². The second kappa shape index (κ2) is 4.87. The lowest BCUT2D eigenvalue weighted by Crippen LogP contribution is -1.98. The summed E-state index contributed by atoms with van der Waals surface area (Å²) in [7, 11) is 2.03. The quantitative estimate of drug-likeness (QED) is 0.681. The highest BCUT2D eigenvalue weighted by Gasteiger charge is 2.11. The van der Waals surface area contributed by atoms with Gasteiger partial charge in [-0.3, -0.25) is 4.98 Å². The number of fused-ring (bicyclic) bond motifs is 1. The molecule has 0 aliphatic heterocycles. The number of aryl methyl sites for hydroxylation is 1. The number of hydrogen-bond acceptors (Lipinski definition) is 1. The first kappa shape index (κ1) is 12.5. The maximum Gasteiger partial charge on any atom is 0.0883 e. The van der Waals surface area contributed by atoms with Gasteiger partial charge in [-0.2, -0.15) is 0 Å².